The number of nitrogens with zero attached hydrogens (tertiary/aromatic N) is 3. The number of morpholine rings is 1. The van der Waals surface area contributed by atoms with Gasteiger partial charge in [-0.15, -0.1) is 0 Å². The molecule has 0 aliphatic carbocycles. The standard InChI is InChI=1S/C21H37N5O2/c1-4-9-21(27,10-5-2)17-25-20(22-6-3)24-16-18-8-7-11-23-19(18)26-12-14-28-15-13-26/h7-8,11,27H,4-6,9-10,12-17H2,1-3H3,(H2,22,24,25). The van der Waals surface area contributed by atoms with Crippen molar-refractivity contribution in [3.05, 3.63) is 23.9 Å². The minimum Gasteiger partial charge on any atom is -0.388 e. The normalized spacial score (nSPS) is 15.6. The number of aliphatic imine (C=N–C) groups is 1. The molecule has 0 unspecified atom stereocenters. The molecule has 7 nitrogen and oxygen atoms in total. The van der Waals surface area contributed by atoms with E-state index in [1.165, 1.54) is 0 Å². The molecular formula is C21H37N5O2. The lowest BCUT2D eigenvalue weighted by molar-refractivity contribution is 0.0257. The second-order valence-corrected chi connectivity index (χ2v) is 7.36. The Morgan fingerprint density at radius 3 is 2.57 bits per heavy atom. The van der Waals surface area contributed by atoms with Crippen molar-refractivity contribution in [1.82, 2.24) is 15.6 Å². The van der Waals surface area contributed by atoms with Gasteiger partial charge >= 0.3 is 0 Å². The van der Waals surface area contributed by atoms with Crippen molar-refractivity contribution in [3.63, 3.8) is 0 Å². The van der Waals surface area contributed by atoms with E-state index in [2.05, 4.69) is 40.4 Å². The highest BCUT2D eigenvalue weighted by molar-refractivity contribution is 5.79. The van der Waals surface area contributed by atoms with Crippen LogP contribution in [0.25, 0.3) is 0 Å². The van der Waals surface area contributed by atoms with Crippen LogP contribution in [0.2, 0.25) is 0 Å². The van der Waals surface area contributed by atoms with Gasteiger partial charge in [-0.1, -0.05) is 32.8 Å². The Kier molecular flexibility index (Phi) is 9.50. The van der Waals surface area contributed by atoms with Gasteiger partial charge in [-0.3, -0.25) is 0 Å². The average molecular weight is 392 g/mol. The number of anilines is 1. The van der Waals surface area contributed by atoms with E-state index in [1.807, 2.05) is 19.2 Å². The minimum atomic E-state index is -0.688. The number of aromatic nitrogens is 1. The van der Waals surface area contributed by atoms with Gasteiger partial charge in [0.05, 0.1) is 25.4 Å². The molecule has 2 heterocycles. The SMILES string of the molecule is CCCC(O)(CCC)CNC(=NCc1cccnc1N1CCOCC1)NCC. The van der Waals surface area contributed by atoms with Crippen LogP contribution in [0.3, 0.4) is 0 Å². The lowest BCUT2D eigenvalue weighted by Crippen LogP contribution is -2.47. The van der Waals surface area contributed by atoms with Crippen LogP contribution < -0.4 is 15.5 Å². The van der Waals surface area contributed by atoms with E-state index in [1.54, 1.807) is 0 Å². The molecule has 0 aromatic carbocycles. The van der Waals surface area contributed by atoms with Gasteiger partial charge in [0.25, 0.3) is 0 Å². The van der Waals surface area contributed by atoms with E-state index >= 15 is 0 Å². The molecule has 1 aliphatic rings. The first-order valence-electron chi connectivity index (χ1n) is 10.6. The van der Waals surface area contributed by atoms with Crippen LogP contribution in [0.4, 0.5) is 5.82 Å². The largest absolute Gasteiger partial charge is 0.388 e. The van der Waals surface area contributed by atoms with Crippen LogP contribution in [-0.2, 0) is 11.3 Å². The van der Waals surface area contributed by atoms with E-state index in [9.17, 15) is 5.11 Å². The maximum Gasteiger partial charge on any atom is 0.191 e. The Balaban J connectivity index is 2.06. The number of rotatable bonds is 10. The molecule has 0 bridgehead atoms. The van der Waals surface area contributed by atoms with Crippen LogP contribution in [0, 0.1) is 0 Å². The molecule has 1 saturated heterocycles. The summed E-state index contributed by atoms with van der Waals surface area (Å²) in [5.74, 6) is 1.71. The topological polar surface area (TPSA) is 82.0 Å². The van der Waals surface area contributed by atoms with E-state index in [0.717, 1.165) is 75.9 Å². The highest BCUT2D eigenvalue weighted by Gasteiger charge is 2.25. The van der Waals surface area contributed by atoms with Crippen LogP contribution in [0.15, 0.2) is 23.3 Å². The average Bonchev–Trinajstić information content (AvgIpc) is 2.71. The summed E-state index contributed by atoms with van der Waals surface area (Å²) in [7, 11) is 0. The van der Waals surface area contributed by atoms with Crippen LogP contribution in [0.1, 0.15) is 52.0 Å². The van der Waals surface area contributed by atoms with Gasteiger partial charge in [0.15, 0.2) is 5.96 Å². The minimum absolute atomic E-state index is 0.504. The predicted molar refractivity (Wildman–Crippen MR) is 115 cm³/mol. The maximum atomic E-state index is 10.9. The Morgan fingerprint density at radius 2 is 1.93 bits per heavy atom. The van der Waals surface area contributed by atoms with Crippen molar-refractivity contribution < 1.29 is 9.84 Å². The summed E-state index contributed by atoms with van der Waals surface area (Å²) in [6.07, 6.45) is 5.33. The molecule has 2 rings (SSSR count). The number of aliphatic hydroxyl groups is 1. The second-order valence-electron chi connectivity index (χ2n) is 7.36. The smallest absolute Gasteiger partial charge is 0.191 e. The van der Waals surface area contributed by atoms with Crippen LogP contribution >= 0.6 is 0 Å². The number of pyridine rings is 1. The van der Waals surface area contributed by atoms with E-state index in [0.29, 0.717) is 13.1 Å². The van der Waals surface area contributed by atoms with E-state index in [4.69, 9.17) is 9.73 Å². The summed E-state index contributed by atoms with van der Waals surface area (Å²) in [6, 6.07) is 4.03. The highest BCUT2D eigenvalue weighted by Crippen LogP contribution is 2.20. The first-order chi connectivity index (χ1) is 13.6. The van der Waals surface area contributed by atoms with E-state index in [-0.39, 0.29) is 0 Å². The fourth-order valence-electron chi connectivity index (χ4n) is 3.60. The number of ether oxygens (including phenoxy) is 1. The Hall–Kier alpha value is -1.86. The molecule has 1 aromatic heterocycles. The van der Waals surface area contributed by atoms with Gasteiger partial charge in [-0.2, -0.15) is 0 Å². The van der Waals surface area contributed by atoms with Crippen molar-refractivity contribution in [2.45, 2.75) is 58.6 Å². The molecule has 28 heavy (non-hydrogen) atoms. The van der Waals surface area contributed by atoms with Gasteiger partial charge in [-0.25, -0.2) is 9.98 Å². The summed E-state index contributed by atoms with van der Waals surface area (Å²) in [6.45, 7) is 11.2. The zero-order chi connectivity index (χ0) is 20.2. The number of hydrogen-bond acceptors (Lipinski definition) is 5. The van der Waals surface area contributed by atoms with E-state index < -0.39 is 5.60 Å². The van der Waals surface area contributed by atoms with Crippen LogP contribution in [0.5, 0.6) is 0 Å². The summed E-state index contributed by atoms with van der Waals surface area (Å²) < 4.78 is 5.45. The highest BCUT2D eigenvalue weighted by atomic mass is 16.5. The first kappa shape index (κ1) is 22.4. The summed E-state index contributed by atoms with van der Waals surface area (Å²) in [4.78, 5) is 11.6. The molecular weight excluding hydrogens is 354 g/mol. The summed E-state index contributed by atoms with van der Waals surface area (Å²) in [5, 5.41) is 17.5. The number of nitrogens with one attached hydrogen (secondary N) is 2. The fraction of sp³-hybridized carbons (Fsp3) is 0.714. The maximum absolute atomic E-state index is 10.9. The third-order valence-electron chi connectivity index (χ3n) is 4.95. The molecule has 3 N–H and O–H groups in total. The zero-order valence-corrected chi connectivity index (χ0v) is 17.7. The molecule has 0 spiro atoms. The number of hydrogen-bond donors (Lipinski definition) is 3. The predicted octanol–water partition coefficient (Wildman–Crippen LogP) is 2.30. The van der Waals surface area contributed by atoms with Gasteiger partial charge < -0.3 is 25.4 Å². The molecule has 0 amide bonds. The molecule has 0 radical (unpaired) electrons. The quantitative estimate of drug-likeness (QED) is 0.419. The third kappa shape index (κ3) is 6.95. The molecule has 7 heteroatoms. The Labute approximate surface area is 169 Å². The molecule has 0 saturated carbocycles. The number of guanidine groups is 1. The van der Waals surface area contributed by atoms with Crippen molar-refractivity contribution >= 4 is 11.8 Å². The lowest BCUT2D eigenvalue weighted by Gasteiger charge is -2.29. The first-order valence-corrected chi connectivity index (χ1v) is 10.6. The Morgan fingerprint density at radius 1 is 1.21 bits per heavy atom. The lowest BCUT2D eigenvalue weighted by atomic mass is 9.93. The van der Waals surface area contributed by atoms with Crippen molar-refractivity contribution in [1.29, 1.82) is 0 Å². The van der Waals surface area contributed by atoms with Crippen molar-refractivity contribution in [2.24, 2.45) is 4.99 Å². The molecule has 0 atom stereocenters. The molecule has 158 valence electrons. The van der Waals surface area contributed by atoms with Gasteiger partial charge in [-0.05, 0) is 25.8 Å². The van der Waals surface area contributed by atoms with Crippen molar-refractivity contribution in [2.75, 3.05) is 44.3 Å². The van der Waals surface area contributed by atoms with Crippen molar-refractivity contribution in [3.8, 4) is 0 Å². The zero-order valence-electron chi connectivity index (χ0n) is 17.7. The second kappa shape index (κ2) is 11.9. The monoisotopic (exact) mass is 391 g/mol. The van der Waals surface area contributed by atoms with Crippen LogP contribution in [-0.4, -0.2) is 61.0 Å². The summed E-state index contributed by atoms with van der Waals surface area (Å²) in [5.41, 5.74) is 0.409. The van der Waals surface area contributed by atoms with Gasteiger partial charge in [0.1, 0.15) is 5.82 Å². The van der Waals surface area contributed by atoms with Gasteiger partial charge in [0, 0.05) is 37.9 Å². The fourth-order valence-corrected chi connectivity index (χ4v) is 3.60. The summed E-state index contributed by atoms with van der Waals surface area (Å²) >= 11 is 0. The molecule has 1 aromatic rings. The third-order valence-corrected chi connectivity index (χ3v) is 4.95. The Bertz CT molecular complexity index is 596. The van der Waals surface area contributed by atoms with Gasteiger partial charge in [0.2, 0.25) is 0 Å². The molecule has 1 fully saturated rings. The molecule has 1 aliphatic heterocycles.